The highest BCUT2D eigenvalue weighted by molar-refractivity contribution is 6.07. The fourth-order valence-electron chi connectivity index (χ4n) is 2.78. The van der Waals surface area contributed by atoms with E-state index in [9.17, 15) is 31.1 Å². The summed E-state index contributed by atoms with van der Waals surface area (Å²) in [6, 6.07) is 7.69. The molecule has 1 amide bonds. The van der Waals surface area contributed by atoms with Gasteiger partial charge in [0.05, 0.1) is 11.1 Å². The average Bonchev–Trinajstić information content (AvgIpc) is 2.96. The number of halogens is 6. The molecule has 3 rings (SSSR count). The highest BCUT2D eigenvalue weighted by Gasteiger charge is 2.38. The molecule has 2 nitrogen and oxygen atoms in total. The standard InChI is InChI=1S/C17H11F6NO/c18-16(19,20)12-7-11(8-13(9-12)17(21,22)23)15(25)24-6-5-10-3-1-2-4-14(10)24/h1-4,7-9H,5-6H2. The first-order valence-corrected chi connectivity index (χ1v) is 7.26. The molecule has 2 aromatic carbocycles. The molecule has 1 aliphatic rings. The summed E-state index contributed by atoms with van der Waals surface area (Å²) >= 11 is 0. The van der Waals surface area contributed by atoms with Crippen LogP contribution in [0, 0.1) is 0 Å². The topological polar surface area (TPSA) is 20.3 Å². The number of hydrogen-bond acceptors (Lipinski definition) is 1. The van der Waals surface area contributed by atoms with Crippen LogP contribution in [0.1, 0.15) is 27.0 Å². The Hall–Kier alpha value is -2.51. The second-order valence-electron chi connectivity index (χ2n) is 5.63. The van der Waals surface area contributed by atoms with E-state index in [0.717, 1.165) is 5.56 Å². The Morgan fingerprint density at radius 2 is 1.44 bits per heavy atom. The van der Waals surface area contributed by atoms with Gasteiger partial charge in [-0.2, -0.15) is 26.3 Å². The minimum atomic E-state index is -4.99. The van der Waals surface area contributed by atoms with Gasteiger partial charge in [-0.15, -0.1) is 0 Å². The Morgan fingerprint density at radius 1 is 0.880 bits per heavy atom. The largest absolute Gasteiger partial charge is 0.416 e. The summed E-state index contributed by atoms with van der Waals surface area (Å²) in [6.45, 7) is 0.204. The highest BCUT2D eigenvalue weighted by Crippen LogP contribution is 2.37. The maximum absolute atomic E-state index is 12.9. The van der Waals surface area contributed by atoms with E-state index in [4.69, 9.17) is 0 Å². The average molecular weight is 359 g/mol. The van der Waals surface area contributed by atoms with Crippen LogP contribution in [0.4, 0.5) is 32.0 Å². The number of rotatable bonds is 1. The number of nitrogens with zero attached hydrogens (tertiary/aromatic N) is 1. The second-order valence-corrected chi connectivity index (χ2v) is 5.63. The van der Waals surface area contributed by atoms with Crippen molar-refractivity contribution in [1.82, 2.24) is 0 Å². The van der Waals surface area contributed by atoms with E-state index in [0.29, 0.717) is 24.2 Å². The summed E-state index contributed by atoms with van der Waals surface area (Å²) in [4.78, 5) is 13.8. The minimum absolute atomic E-state index is 0.00864. The predicted molar refractivity (Wildman–Crippen MR) is 78.3 cm³/mol. The fourth-order valence-corrected chi connectivity index (χ4v) is 2.78. The van der Waals surface area contributed by atoms with Crippen LogP contribution in [-0.4, -0.2) is 12.5 Å². The summed E-state index contributed by atoms with van der Waals surface area (Å²) in [6.07, 6.45) is -9.48. The molecule has 0 bridgehead atoms. The third kappa shape index (κ3) is 3.33. The normalized spacial score (nSPS) is 14.6. The third-order valence-electron chi connectivity index (χ3n) is 3.97. The molecule has 1 heterocycles. The van der Waals surface area contributed by atoms with Gasteiger partial charge in [0.25, 0.3) is 5.91 Å². The van der Waals surface area contributed by atoms with Crippen molar-refractivity contribution in [3.05, 3.63) is 64.7 Å². The molecule has 0 aliphatic carbocycles. The molecule has 0 spiro atoms. The number of carbonyl (C=O) groups is 1. The maximum atomic E-state index is 12.9. The van der Waals surface area contributed by atoms with E-state index in [1.807, 2.05) is 0 Å². The predicted octanol–water partition coefficient (Wildman–Crippen LogP) is 4.93. The van der Waals surface area contributed by atoms with Gasteiger partial charge in [0.2, 0.25) is 0 Å². The van der Waals surface area contributed by atoms with Crippen molar-refractivity contribution in [3.8, 4) is 0 Å². The van der Waals surface area contributed by atoms with Crippen LogP contribution in [0.25, 0.3) is 0 Å². The Kier molecular flexibility index (Phi) is 4.01. The molecule has 0 saturated heterocycles. The molecule has 0 unspecified atom stereocenters. The van der Waals surface area contributed by atoms with E-state index in [1.54, 1.807) is 24.3 Å². The molecular weight excluding hydrogens is 348 g/mol. The van der Waals surface area contributed by atoms with Crippen molar-refractivity contribution < 1.29 is 31.1 Å². The van der Waals surface area contributed by atoms with Gasteiger partial charge >= 0.3 is 12.4 Å². The summed E-state index contributed by atoms with van der Waals surface area (Å²) in [5, 5.41) is 0. The van der Waals surface area contributed by atoms with Crippen LogP contribution >= 0.6 is 0 Å². The highest BCUT2D eigenvalue weighted by atomic mass is 19.4. The molecule has 8 heteroatoms. The summed E-state index contributed by atoms with van der Waals surface area (Å²) in [7, 11) is 0. The van der Waals surface area contributed by atoms with Crippen LogP contribution in [0.15, 0.2) is 42.5 Å². The molecular formula is C17H11F6NO. The molecule has 0 saturated carbocycles. The van der Waals surface area contributed by atoms with E-state index in [-0.39, 0.29) is 12.6 Å². The lowest BCUT2D eigenvalue weighted by Gasteiger charge is -2.19. The Bertz CT molecular complexity index is 792. The third-order valence-corrected chi connectivity index (χ3v) is 3.97. The summed E-state index contributed by atoms with van der Waals surface area (Å²) in [5.41, 5.74) is -2.33. The number of anilines is 1. The lowest BCUT2D eigenvalue weighted by molar-refractivity contribution is -0.143. The molecule has 0 fully saturated rings. The summed E-state index contributed by atoms with van der Waals surface area (Å²) < 4.78 is 77.5. The number of fused-ring (bicyclic) bond motifs is 1. The van der Waals surface area contributed by atoms with Crippen LogP contribution in [0.3, 0.4) is 0 Å². The number of benzene rings is 2. The molecule has 132 valence electrons. The monoisotopic (exact) mass is 359 g/mol. The smallest absolute Gasteiger partial charge is 0.308 e. The van der Waals surface area contributed by atoms with Crippen molar-refractivity contribution in [2.24, 2.45) is 0 Å². The molecule has 1 aliphatic heterocycles. The summed E-state index contributed by atoms with van der Waals surface area (Å²) in [5.74, 6) is -0.887. The van der Waals surface area contributed by atoms with Crippen LogP contribution < -0.4 is 4.90 Å². The quantitative estimate of drug-likeness (QED) is 0.662. The van der Waals surface area contributed by atoms with Gasteiger partial charge in [-0.3, -0.25) is 4.79 Å². The number of hydrogen-bond donors (Lipinski definition) is 0. The van der Waals surface area contributed by atoms with E-state index in [1.165, 1.54) is 4.90 Å². The van der Waals surface area contributed by atoms with Crippen LogP contribution in [0.5, 0.6) is 0 Å². The van der Waals surface area contributed by atoms with E-state index in [2.05, 4.69) is 0 Å². The van der Waals surface area contributed by atoms with Crippen LogP contribution in [-0.2, 0) is 18.8 Å². The van der Waals surface area contributed by atoms with Gasteiger partial charge in [0.1, 0.15) is 0 Å². The van der Waals surface area contributed by atoms with Crippen molar-refractivity contribution >= 4 is 11.6 Å². The van der Waals surface area contributed by atoms with Gasteiger partial charge in [0.15, 0.2) is 0 Å². The lowest BCUT2D eigenvalue weighted by Crippen LogP contribution is -2.29. The molecule has 25 heavy (non-hydrogen) atoms. The van der Waals surface area contributed by atoms with Gasteiger partial charge in [-0.1, -0.05) is 18.2 Å². The van der Waals surface area contributed by atoms with Gasteiger partial charge in [0, 0.05) is 17.8 Å². The molecule has 0 N–H and O–H groups in total. The number of para-hydroxylation sites is 1. The van der Waals surface area contributed by atoms with Gasteiger partial charge < -0.3 is 4.90 Å². The zero-order valence-corrected chi connectivity index (χ0v) is 12.6. The molecule has 0 atom stereocenters. The first-order chi connectivity index (χ1) is 11.6. The van der Waals surface area contributed by atoms with Gasteiger partial charge in [-0.25, -0.2) is 0 Å². The van der Waals surface area contributed by atoms with Crippen LogP contribution in [0.2, 0.25) is 0 Å². The van der Waals surface area contributed by atoms with Gasteiger partial charge in [-0.05, 0) is 36.2 Å². The Labute approximate surface area is 138 Å². The zero-order chi connectivity index (χ0) is 18.4. The van der Waals surface area contributed by atoms with E-state index < -0.39 is 35.0 Å². The Balaban J connectivity index is 2.06. The first kappa shape index (κ1) is 17.3. The fraction of sp³-hybridized carbons (Fsp3) is 0.235. The minimum Gasteiger partial charge on any atom is -0.308 e. The Morgan fingerprint density at radius 3 is 2.00 bits per heavy atom. The van der Waals surface area contributed by atoms with Crippen molar-refractivity contribution in [1.29, 1.82) is 0 Å². The zero-order valence-electron chi connectivity index (χ0n) is 12.6. The second kappa shape index (κ2) is 5.79. The SMILES string of the molecule is O=C(c1cc(C(F)(F)F)cc(C(F)(F)F)c1)N1CCc2ccccc21. The molecule has 2 aromatic rings. The number of carbonyl (C=O) groups excluding carboxylic acids is 1. The van der Waals surface area contributed by atoms with Crippen molar-refractivity contribution in [3.63, 3.8) is 0 Å². The van der Waals surface area contributed by atoms with E-state index >= 15 is 0 Å². The van der Waals surface area contributed by atoms with Crippen molar-refractivity contribution in [2.45, 2.75) is 18.8 Å². The number of amides is 1. The lowest BCUT2D eigenvalue weighted by atomic mass is 10.0. The number of alkyl halides is 6. The molecule has 0 radical (unpaired) electrons. The first-order valence-electron chi connectivity index (χ1n) is 7.26. The maximum Gasteiger partial charge on any atom is 0.416 e. The van der Waals surface area contributed by atoms with Crippen molar-refractivity contribution in [2.75, 3.05) is 11.4 Å². The molecule has 0 aromatic heterocycles.